The Morgan fingerprint density at radius 1 is 1.19 bits per heavy atom. The normalized spacial score (nSPS) is 11.8. The van der Waals surface area contributed by atoms with Crippen LogP contribution in [0.4, 0.5) is 0 Å². The molecule has 0 aliphatic rings. The summed E-state index contributed by atoms with van der Waals surface area (Å²) in [5.41, 5.74) is 5.02. The molecule has 2 amide bonds. The molecule has 21 heavy (non-hydrogen) atoms. The average molecular weight is 293 g/mol. The number of nitrogens with one attached hydrogen (secondary N) is 2. The SMILES string of the molecule is CC(CN(C)CC(=O)NNC(=O)c1ccccc1)C(=O)O. The van der Waals surface area contributed by atoms with Crippen molar-refractivity contribution < 1.29 is 19.5 Å². The van der Waals surface area contributed by atoms with Crippen LogP contribution < -0.4 is 10.9 Å². The van der Waals surface area contributed by atoms with E-state index in [9.17, 15) is 14.4 Å². The van der Waals surface area contributed by atoms with E-state index in [0.717, 1.165) is 0 Å². The van der Waals surface area contributed by atoms with Gasteiger partial charge in [0.15, 0.2) is 0 Å². The first-order valence-electron chi connectivity index (χ1n) is 6.45. The Morgan fingerprint density at radius 2 is 1.81 bits per heavy atom. The fourth-order valence-electron chi connectivity index (χ4n) is 1.68. The quantitative estimate of drug-likeness (QED) is 0.646. The number of benzene rings is 1. The predicted octanol–water partition coefficient (Wildman–Crippen LogP) is 0.100. The maximum absolute atomic E-state index is 11.7. The van der Waals surface area contributed by atoms with Gasteiger partial charge in [-0.3, -0.25) is 30.1 Å². The molecule has 0 saturated carbocycles. The summed E-state index contributed by atoms with van der Waals surface area (Å²) in [7, 11) is 1.64. The Bertz CT molecular complexity index is 504. The molecule has 7 heteroatoms. The lowest BCUT2D eigenvalue weighted by Crippen LogP contribution is -2.46. The van der Waals surface area contributed by atoms with E-state index in [-0.39, 0.29) is 13.1 Å². The van der Waals surface area contributed by atoms with Gasteiger partial charge in [0, 0.05) is 12.1 Å². The van der Waals surface area contributed by atoms with Gasteiger partial charge < -0.3 is 5.11 Å². The molecule has 3 N–H and O–H groups in total. The maximum atomic E-state index is 11.7. The third-order valence-corrected chi connectivity index (χ3v) is 2.77. The van der Waals surface area contributed by atoms with Crippen molar-refractivity contribution in [1.29, 1.82) is 0 Å². The molecule has 0 aliphatic carbocycles. The molecule has 1 aromatic carbocycles. The number of hydrogen-bond donors (Lipinski definition) is 3. The highest BCUT2D eigenvalue weighted by atomic mass is 16.4. The van der Waals surface area contributed by atoms with Gasteiger partial charge in [0.05, 0.1) is 12.5 Å². The van der Waals surface area contributed by atoms with E-state index >= 15 is 0 Å². The Hall–Kier alpha value is -2.41. The number of rotatable bonds is 6. The number of nitrogens with zero attached hydrogens (tertiary/aromatic N) is 1. The molecule has 0 spiro atoms. The number of amides is 2. The van der Waals surface area contributed by atoms with Crippen molar-refractivity contribution in [3.05, 3.63) is 35.9 Å². The first kappa shape index (κ1) is 16.6. The summed E-state index contributed by atoms with van der Waals surface area (Å²) < 4.78 is 0. The monoisotopic (exact) mass is 293 g/mol. The molecule has 0 saturated heterocycles. The van der Waals surface area contributed by atoms with Crippen molar-refractivity contribution in [2.24, 2.45) is 5.92 Å². The van der Waals surface area contributed by atoms with Crippen LogP contribution in [-0.4, -0.2) is 47.9 Å². The van der Waals surface area contributed by atoms with Crippen LogP contribution in [0.25, 0.3) is 0 Å². The zero-order valence-corrected chi connectivity index (χ0v) is 12.0. The Morgan fingerprint density at radius 3 is 2.38 bits per heavy atom. The number of carboxylic acid groups (broad SMARTS) is 1. The van der Waals surface area contributed by atoms with Crippen LogP contribution in [0.1, 0.15) is 17.3 Å². The summed E-state index contributed by atoms with van der Waals surface area (Å²) in [5, 5.41) is 8.78. The van der Waals surface area contributed by atoms with Gasteiger partial charge in [0.2, 0.25) is 0 Å². The second-order valence-corrected chi connectivity index (χ2v) is 4.80. The molecule has 1 aromatic rings. The lowest BCUT2D eigenvalue weighted by Gasteiger charge is -2.18. The molecule has 0 fully saturated rings. The minimum Gasteiger partial charge on any atom is -0.481 e. The van der Waals surface area contributed by atoms with E-state index in [1.54, 1.807) is 49.2 Å². The number of carboxylic acids is 1. The topological polar surface area (TPSA) is 98.7 Å². The molecule has 114 valence electrons. The summed E-state index contributed by atoms with van der Waals surface area (Å²) >= 11 is 0. The van der Waals surface area contributed by atoms with Crippen LogP contribution in [0.2, 0.25) is 0 Å². The zero-order valence-electron chi connectivity index (χ0n) is 12.0. The summed E-state index contributed by atoms with van der Waals surface area (Å²) in [5.74, 6) is -2.31. The third kappa shape index (κ3) is 6.05. The van der Waals surface area contributed by atoms with Gasteiger partial charge in [-0.05, 0) is 19.2 Å². The number of hydrogen-bond acceptors (Lipinski definition) is 4. The van der Waals surface area contributed by atoms with E-state index in [1.807, 2.05) is 0 Å². The van der Waals surface area contributed by atoms with Gasteiger partial charge >= 0.3 is 5.97 Å². The minimum atomic E-state index is -0.917. The molecule has 0 radical (unpaired) electrons. The molecule has 1 atom stereocenters. The summed E-state index contributed by atoms with van der Waals surface area (Å²) in [4.78, 5) is 35.6. The number of carbonyl (C=O) groups is 3. The summed E-state index contributed by atoms with van der Waals surface area (Å²) in [6.45, 7) is 1.80. The smallest absolute Gasteiger partial charge is 0.307 e. The number of carbonyl (C=O) groups excluding carboxylic acids is 2. The standard InChI is InChI=1S/C14H19N3O4/c1-10(14(20)21)8-17(2)9-12(18)15-16-13(19)11-6-4-3-5-7-11/h3-7,10H,8-9H2,1-2H3,(H,15,18)(H,16,19)(H,20,21). The maximum Gasteiger partial charge on any atom is 0.307 e. The van der Waals surface area contributed by atoms with Crippen molar-refractivity contribution in [3.63, 3.8) is 0 Å². The van der Waals surface area contributed by atoms with E-state index in [2.05, 4.69) is 10.9 Å². The fourth-order valence-corrected chi connectivity index (χ4v) is 1.68. The lowest BCUT2D eigenvalue weighted by atomic mass is 10.2. The lowest BCUT2D eigenvalue weighted by molar-refractivity contribution is -0.142. The van der Waals surface area contributed by atoms with Crippen LogP contribution in [0, 0.1) is 5.92 Å². The highest BCUT2D eigenvalue weighted by Crippen LogP contribution is 1.98. The number of hydrazine groups is 1. The molecular formula is C14H19N3O4. The fraction of sp³-hybridized carbons (Fsp3) is 0.357. The number of likely N-dealkylation sites (N-methyl/N-ethyl adjacent to an activating group) is 1. The van der Waals surface area contributed by atoms with Crippen molar-refractivity contribution in [2.45, 2.75) is 6.92 Å². The van der Waals surface area contributed by atoms with Crippen LogP contribution in [0.3, 0.4) is 0 Å². The van der Waals surface area contributed by atoms with Crippen LogP contribution in [-0.2, 0) is 9.59 Å². The van der Waals surface area contributed by atoms with E-state index in [4.69, 9.17) is 5.11 Å². The molecule has 1 unspecified atom stereocenters. The molecule has 1 rings (SSSR count). The van der Waals surface area contributed by atoms with E-state index in [0.29, 0.717) is 5.56 Å². The second kappa shape index (κ2) is 8.01. The highest BCUT2D eigenvalue weighted by molar-refractivity contribution is 5.95. The van der Waals surface area contributed by atoms with Crippen LogP contribution in [0.15, 0.2) is 30.3 Å². The Kier molecular flexibility index (Phi) is 6.35. The van der Waals surface area contributed by atoms with Gasteiger partial charge in [0.1, 0.15) is 0 Å². The largest absolute Gasteiger partial charge is 0.481 e. The second-order valence-electron chi connectivity index (χ2n) is 4.80. The van der Waals surface area contributed by atoms with Crippen molar-refractivity contribution in [1.82, 2.24) is 15.8 Å². The zero-order chi connectivity index (χ0) is 15.8. The first-order valence-corrected chi connectivity index (χ1v) is 6.45. The minimum absolute atomic E-state index is 0.00725. The Balaban J connectivity index is 2.34. The molecule has 0 aliphatic heterocycles. The molecule has 0 aromatic heterocycles. The molecule has 0 heterocycles. The number of aliphatic carboxylic acids is 1. The van der Waals surface area contributed by atoms with Crippen molar-refractivity contribution >= 4 is 17.8 Å². The van der Waals surface area contributed by atoms with Crippen molar-refractivity contribution in [3.8, 4) is 0 Å². The third-order valence-electron chi connectivity index (χ3n) is 2.77. The van der Waals surface area contributed by atoms with Crippen LogP contribution >= 0.6 is 0 Å². The molecular weight excluding hydrogens is 274 g/mol. The van der Waals surface area contributed by atoms with Crippen LogP contribution in [0.5, 0.6) is 0 Å². The van der Waals surface area contributed by atoms with Gasteiger partial charge in [-0.1, -0.05) is 25.1 Å². The molecule has 7 nitrogen and oxygen atoms in total. The molecule has 0 bridgehead atoms. The van der Waals surface area contributed by atoms with Gasteiger partial charge in [-0.2, -0.15) is 0 Å². The summed E-state index contributed by atoms with van der Waals surface area (Å²) in [6.07, 6.45) is 0. The van der Waals surface area contributed by atoms with Gasteiger partial charge in [-0.25, -0.2) is 0 Å². The Labute approximate surface area is 122 Å². The first-order chi connectivity index (χ1) is 9.90. The average Bonchev–Trinajstić information content (AvgIpc) is 2.45. The van der Waals surface area contributed by atoms with Crippen molar-refractivity contribution in [2.75, 3.05) is 20.1 Å². The van der Waals surface area contributed by atoms with Gasteiger partial charge in [-0.15, -0.1) is 0 Å². The van der Waals surface area contributed by atoms with E-state index in [1.165, 1.54) is 0 Å². The van der Waals surface area contributed by atoms with Gasteiger partial charge in [0.25, 0.3) is 11.8 Å². The van der Waals surface area contributed by atoms with E-state index < -0.39 is 23.7 Å². The predicted molar refractivity (Wildman–Crippen MR) is 76.3 cm³/mol. The summed E-state index contributed by atoms with van der Waals surface area (Å²) in [6, 6.07) is 8.48. The highest BCUT2D eigenvalue weighted by Gasteiger charge is 2.15.